The minimum atomic E-state index is -0.353. The van der Waals surface area contributed by atoms with Crippen molar-refractivity contribution in [3.05, 3.63) is 66.6 Å². The van der Waals surface area contributed by atoms with E-state index in [1.165, 1.54) is 6.26 Å². The largest absolute Gasteiger partial charge is 0.495 e. The van der Waals surface area contributed by atoms with Crippen LogP contribution in [-0.4, -0.2) is 20.1 Å². The molecular weight excluding hydrogens is 338 g/mol. The van der Waals surface area contributed by atoms with Crippen molar-refractivity contribution in [2.75, 3.05) is 19.5 Å². The van der Waals surface area contributed by atoms with E-state index in [0.717, 1.165) is 9.79 Å². The van der Waals surface area contributed by atoms with E-state index in [2.05, 4.69) is 5.32 Å². The van der Waals surface area contributed by atoms with Crippen molar-refractivity contribution in [3.8, 4) is 11.5 Å². The second-order valence-corrected chi connectivity index (χ2v) is 6.17. The molecular formula is C19H17NO4S. The summed E-state index contributed by atoms with van der Waals surface area (Å²) < 4.78 is 16.0. The molecule has 0 bridgehead atoms. The Morgan fingerprint density at radius 2 is 1.76 bits per heavy atom. The third-order valence-corrected chi connectivity index (χ3v) is 4.50. The maximum Gasteiger partial charge on any atom is 0.291 e. The Morgan fingerprint density at radius 1 is 1.00 bits per heavy atom. The number of furan rings is 1. The summed E-state index contributed by atoms with van der Waals surface area (Å²) in [5, 5.41) is 2.78. The standard InChI is InChI=1S/C19H17NO4S/c1-22-16-12-18(25-13-7-4-3-5-8-13)17(23-2)11-14(16)20-19(21)15-9-6-10-24-15/h3-12H,1-2H3,(H,20,21). The van der Waals surface area contributed by atoms with Gasteiger partial charge in [-0.25, -0.2) is 0 Å². The van der Waals surface area contributed by atoms with Gasteiger partial charge in [-0.3, -0.25) is 4.79 Å². The van der Waals surface area contributed by atoms with Crippen LogP contribution >= 0.6 is 11.8 Å². The van der Waals surface area contributed by atoms with E-state index in [-0.39, 0.29) is 11.7 Å². The summed E-state index contributed by atoms with van der Waals surface area (Å²) in [7, 11) is 3.15. The van der Waals surface area contributed by atoms with Crippen LogP contribution in [0.5, 0.6) is 11.5 Å². The lowest BCUT2D eigenvalue weighted by atomic mass is 10.2. The first-order valence-corrected chi connectivity index (χ1v) is 8.36. The number of hydrogen-bond acceptors (Lipinski definition) is 5. The van der Waals surface area contributed by atoms with Crippen LogP contribution in [0.1, 0.15) is 10.6 Å². The van der Waals surface area contributed by atoms with Crippen molar-refractivity contribution in [1.82, 2.24) is 0 Å². The van der Waals surface area contributed by atoms with E-state index in [9.17, 15) is 4.79 Å². The molecule has 128 valence electrons. The number of benzene rings is 2. The van der Waals surface area contributed by atoms with Crippen LogP contribution in [0, 0.1) is 0 Å². The van der Waals surface area contributed by atoms with Crippen LogP contribution in [0.3, 0.4) is 0 Å². The quantitative estimate of drug-likeness (QED) is 0.694. The predicted octanol–water partition coefficient (Wildman–Crippen LogP) is 4.70. The van der Waals surface area contributed by atoms with Crippen LogP contribution in [0.4, 0.5) is 5.69 Å². The van der Waals surface area contributed by atoms with Crippen LogP contribution < -0.4 is 14.8 Å². The van der Waals surface area contributed by atoms with Gasteiger partial charge in [0.15, 0.2) is 5.76 Å². The summed E-state index contributed by atoms with van der Waals surface area (Å²) in [6.45, 7) is 0. The zero-order valence-corrected chi connectivity index (χ0v) is 14.6. The van der Waals surface area contributed by atoms with Gasteiger partial charge in [-0.2, -0.15) is 0 Å². The Morgan fingerprint density at radius 3 is 2.40 bits per heavy atom. The predicted molar refractivity (Wildman–Crippen MR) is 96.8 cm³/mol. The number of carbonyl (C=O) groups excluding carboxylic acids is 1. The Balaban J connectivity index is 1.90. The van der Waals surface area contributed by atoms with E-state index in [0.29, 0.717) is 17.2 Å². The lowest BCUT2D eigenvalue weighted by Gasteiger charge is -2.15. The Bertz CT molecular complexity index is 847. The molecule has 0 radical (unpaired) electrons. The average Bonchev–Trinajstić information content (AvgIpc) is 3.18. The lowest BCUT2D eigenvalue weighted by Crippen LogP contribution is -2.12. The second-order valence-electron chi connectivity index (χ2n) is 5.05. The lowest BCUT2D eigenvalue weighted by molar-refractivity contribution is 0.0996. The topological polar surface area (TPSA) is 60.7 Å². The summed E-state index contributed by atoms with van der Waals surface area (Å²) in [6.07, 6.45) is 1.45. The summed E-state index contributed by atoms with van der Waals surface area (Å²) in [4.78, 5) is 14.2. The van der Waals surface area contributed by atoms with Gasteiger partial charge in [-0.05, 0) is 30.3 Å². The zero-order valence-electron chi connectivity index (χ0n) is 13.8. The van der Waals surface area contributed by atoms with E-state index in [1.54, 1.807) is 44.2 Å². The molecule has 25 heavy (non-hydrogen) atoms. The van der Waals surface area contributed by atoms with Crippen molar-refractivity contribution in [3.63, 3.8) is 0 Å². The Hall–Kier alpha value is -2.86. The SMILES string of the molecule is COc1cc(Sc2ccccc2)c(OC)cc1NC(=O)c1ccco1. The third-order valence-electron chi connectivity index (χ3n) is 3.45. The highest BCUT2D eigenvalue weighted by molar-refractivity contribution is 7.99. The molecule has 3 aromatic rings. The molecule has 5 nitrogen and oxygen atoms in total. The number of carbonyl (C=O) groups is 1. The smallest absolute Gasteiger partial charge is 0.291 e. The van der Waals surface area contributed by atoms with Gasteiger partial charge in [-0.15, -0.1) is 0 Å². The fraction of sp³-hybridized carbons (Fsp3) is 0.105. The highest BCUT2D eigenvalue weighted by Gasteiger charge is 2.16. The molecule has 0 aliphatic heterocycles. The van der Waals surface area contributed by atoms with Gasteiger partial charge in [-0.1, -0.05) is 30.0 Å². The van der Waals surface area contributed by atoms with Gasteiger partial charge in [0.05, 0.1) is 31.1 Å². The van der Waals surface area contributed by atoms with Gasteiger partial charge in [0.25, 0.3) is 5.91 Å². The Labute approximate surface area is 149 Å². The number of anilines is 1. The molecule has 0 aliphatic rings. The number of nitrogens with one attached hydrogen (secondary N) is 1. The molecule has 0 spiro atoms. The fourth-order valence-electron chi connectivity index (χ4n) is 2.25. The van der Waals surface area contributed by atoms with Gasteiger partial charge in [0.1, 0.15) is 11.5 Å². The number of hydrogen-bond donors (Lipinski definition) is 1. The molecule has 0 unspecified atom stereocenters. The first-order chi connectivity index (χ1) is 12.2. The van der Waals surface area contributed by atoms with Crippen molar-refractivity contribution in [2.45, 2.75) is 9.79 Å². The molecule has 0 saturated carbocycles. The van der Waals surface area contributed by atoms with E-state index >= 15 is 0 Å². The number of rotatable bonds is 6. The van der Waals surface area contributed by atoms with Crippen molar-refractivity contribution in [1.29, 1.82) is 0 Å². The highest BCUT2D eigenvalue weighted by atomic mass is 32.2. The van der Waals surface area contributed by atoms with Gasteiger partial charge in [0.2, 0.25) is 0 Å². The van der Waals surface area contributed by atoms with Gasteiger partial charge in [0, 0.05) is 11.0 Å². The average molecular weight is 355 g/mol. The van der Waals surface area contributed by atoms with Gasteiger partial charge < -0.3 is 19.2 Å². The molecule has 0 aliphatic carbocycles. The summed E-state index contributed by atoms with van der Waals surface area (Å²) in [6, 6.07) is 16.8. The molecule has 2 aromatic carbocycles. The minimum Gasteiger partial charge on any atom is -0.495 e. The summed E-state index contributed by atoms with van der Waals surface area (Å²) in [5.41, 5.74) is 0.512. The number of amides is 1. The summed E-state index contributed by atoms with van der Waals surface area (Å²) >= 11 is 1.56. The van der Waals surface area contributed by atoms with Gasteiger partial charge >= 0.3 is 0 Å². The van der Waals surface area contributed by atoms with Crippen molar-refractivity contribution in [2.24, 2.45) is 0 Å². The van der Waals surface area contributed by atoms with Crippen molar-refractivity contribution >= 4 is 23.4 Å². The van der Waals surface area contributed by atoms with Crippen LogP contribution in [0.2, 0.25) is 0 Å². The normalized spacial score (nSPS) is 10.3. The maximum absolute atomic E-state index is 12.2. The number of ether oxygens (including phenoxy) is 2. The first-order valence-electron chi connectivity index (χ1n) is 7.55. The molecule has 1 N–H and O–H groups in total. The van der Waals surface area contributed by atoms with E-state index in [1.807, 2.05) is 36.4 Å². The monoisotopic (exact) mass is 355 g/mol. The molecule has 1 amide bonds. The molecule has 6 heteroatoms. The molecule has 3 rings (SSSR count). The zero-order chi connectivity index (χ0) is 17.6. The minimum absolute atomic E-state index is 0.226. The number of methoxy groups -OCH3 is 2. The third kappa shape index (κ3) is 3.97. The molecule has 0 saturated heterocycles. The van der Waals surface area contributed by atoms with E-state index in [4.69, 9.17) is 13.9 Å². The first kappa shape index (κ1) is 17.0. The fourth-order valence-corrected chi connectivity index (χ4v) is 3.21. The summed E-state index contributed by atoms with van der Waals surface area (Å²) in [5.74, 6) is 1.06. The Kier molecular flexibility index (Phi) is 5.30. The molecule has 0 atom stereocenters. The molecule has 1 aromatic heterocycles. The second kappa shape index (κ2) is 7.81. The molecule has 0 fully saturated rings. The molecule has 1 heterocycles. The van der Waals surface area contributed by atoms with Crippen LogP contribution in [0.15, 0.2) is 75.1 Å². The maximum atomic E-state index is 12.2. The van der Waals surface area contributed by atoms with Crippen molar-refractivity contribution < 1.29 is 18.7 Å². The van der Waals surface area contributed by atoms with Crippen LogP contribution in [-0.2, 0) is 0 Å². The highest BCUT2D eigenvalue weighted by Crippen LogP contribution is 2.41. The van der Waals surface area contributed by atoms with Crippen LogP contribution in [0.25, 0.3) is 0 Å². The van der Waals surface area contributed by atoms with E-state index < -0.39 is 0 Å².